The molecule has 2 aliphatic rings. The Balaban J connectivity index is 0.000000357. The van der Waals surface area contributed by atoms with Crippen LogP contribution in [0.2, 0.25) is 5.02 Å². The van der Waals surface area contributed by atoms with Gasteiger partial charge >= 0.3 is 0 Å². The summed E-state index contributed by atoms with van der Waals surface area (Å²) in [7, 11) is 0.600. The van der Waals surface area contributed by atoms with Gasteiger partial charge in [0.25, 0.3) is 0 Å². The summed E-state index contributed by atoms with van der Waals surface area (Å²) in [5.41, 5.74) is 0.198. The van der Waals surface area contributed by atoms with Gasteiger partial charge in [-0.3, -0.25) is 0 Å². The molecule has 0 amide bonds. The normalized spacial score (nSPS) is 26.0. The lowest BCUT2D eigenvalue weighted by Gasteiger charge is -2.33. The van der Waals surface area contributed by atoms with E-state index in [1.54, 1.807) is 17.9 Å². The topological polar surface area (TPSA) is 56.0 Å². The Labute approximate surface area is 195 Å². The molecule has 1 aromatic heterocycles. The van der Waals surface area contributed by atoms with Crippen LogP contribution in [-0.2, 0) is 0 Å². The first kappa shape index (κ1) is 26.2. The van der Waals surface area contributed by atoms with Crippen LogP contribution >= 0.6 is 31.4 Å². The molecule has 0 bridgehead atoms. The van der Waals surface area contributed by atoms with Gasteiger partial charge in [0.05, 0.1) is 17.4 Å². The number of alkyl halides is 1. The average molecular weight is 489 g/mol. The number of aliphatic hydroxyl groups excluding tert-OH is 1. The first-order valence-electron chi connectivity index (χ1n) is 10.5. The molecule has 1 aliphatic heterocycles. The maximum Gasteiger partial charge on any atom is 0.150 e. The standard InChI is InChI=1S/C18H26ClFN2O.C5H3ClFP/c1-3-18(4-2,11-23)8-16-13(9-21)14(10-22-16)12-6-5-7-15(19)17(12)20;6-4-1-2-8-5(7)3-4/h5-6,13-16,22-23H,3-4,7-8,10-11H2,1-2H3;1-3H. The molecule has 0 spiro atoms. The van der Waals surface area contributed by atoms with E-state index in [1.807, 2.05) is 6.08 Å². The highest BCUT2D eigenvalue weighted by atomic mass is 35.5. The summed E-state index contributed by atoms with van der Waals surface area (Å²) in [5.74, 6) is 0.901. The first-order chi connectivity index (χ1) is 14.8. The van der Waals surface area contributed by atoms with Gasteiger partial charge in [-0.25, -0.2) is 8.78 Å². The predicted octanol–water partition coefficient (Wildman–Crippen LogP) is 6.75. The molecular formula is C23H29Cl2F2N2OP. The van der Waals surface area contributed by atoms with Gasteiger partial charge in [0.1, 0.15) is 5.83 Å². The molecule has 2 N–H and O–H groups in total. The molecule has 0 radical (unpaired) electrons. The lowest BCUT2D eigenvalue weighted by molar-refractivity contribution is 0.0913. The van der Waals surface area contributed by atoms with Crippen LogP contribution in [0.1, 0.15) is 39.5 Å². The van der Waals surface area contributed by atoms with E-state index in [-0.39, 0.29) is 41.3 Å². The van der Waals surface area contributed by atoms with Crippen molar-refractivity contribution in [1.29, 1.82) is 5.26 Å². The molecule has 1 aliphatic carbocycles. The third-order valence-corrected chi connectivity index (χ3v) is 7.66. The van der Waals surface area contributed by atoms with Crippen LogP contribution in [0.5, 0.6) is 0 Å². The van der Waals surface area contributed by atoms with Crippen molar-refractivity contribution in [2.24, 2.45) is 17.3 Å². The molecule has 1 fully saturated rings. The molecule has 0 saturated carbocycles. The predicted molar refractivity (Wildman–Crippen MR) is 125 cm³/mol. The lowest BCUT2D eigenvalue weighted by Crippen LogP contribution is -2.36. The second-order valence-corrected chi connectivity index (χ2v) is 10.00. The maximum absolute atomic E-state index is 14.4. The molecule has 0 aromatic carbocycles. The summed E-state index contributed by atoms with van der Waals surface area (Å²) in [5, 5.41) is 22.7. The number of allylic oxidation sites excluding steroid dienone is 3. The number of rotatable bonds is 6. The zero-order valence-corrected chi connectivity index (χ0v) is 20.2. The Morgan fingerprint density at radius 3 is 2.58 bits per heavy atom. The molecule has 31 heavy (non-hydrogen) atoms. The third kappa shape index (κ3) is 6.73. The minimum Gasteiger partial charge on any atom is -0.396 e. The highest BCUT2D eigenvalue weighted by Crippen LogP contribution is 2.41. The molecule has 170 valence electrons. The maximum atomic E-state index is 14.4. The summed E-state index contributed by atoms with van der Waals surface area (Å²) in [6, 6.07) is 5.32. The highest BCUT2D eigenvalue weighted by molar-refractivity contribution is 7.28. The number of halogens is 4. The average Bonchev–Trinajstić information content (AvgIpc) is 3.16. The second kappa shape index (κ2) is 12.3. The molecule has 2 heterocycles. The lowest BCUT2D eigenvalue weighted by atomic mass is 9.73. The van der Waals surface area contributed by atoms with Crippen LogP contribution < -0.4 is 5.32 Å². The van der Waals surface area contributed by atoms with Crippen molar-refractivity contribution in [2.75, 3.05) is 13.2 Å². The van der Waals surface area contributed by atoms with Crippen molar-refractivity contribution < 1.29 is 13.9 Å². The number of hydrogen-bond acceptors (Lipinski definition) is 3. The minimum absolute atomic E-state index is 0.0264. The van der Waals surface area contributed by atoms with Gasteiger partial charge in [0.2, 0.25) is 0 Å². The molecule has 3 nitrogen and oxygen atoms in total. The SMILES string of the molecule is CCC(CC)(CO)CC1NCC(C2=C(F)C(Cl)CC=C2)C1C#N.Fc1cc(Cl)ccp1. The van der Waals surface area contributed by atoms with E-state index in [9.17, 15) is 19.1 Å². The summed E-state index contributed by atoms with van der Waals surface area (Å²) >= 11 is 11.4. The van der Waals surface area contributed by atoms with Gasteiger partial charge in [0, 0.05) is 30.1 Å². The zero-order valence-electron chi connectivity index (χ0n) is 17.8. The van der Waals surface area contributed by atoms with Gasteiger partial charge in [-0.2, -0.15) is 5.26 Å². The van der Waals surface area contributed by atoms with E-state index < -0.39 is 5.38 Å². The Kier molecular flexibility index (Phi) is 10.4. The van der Waals surface area contributed by atoms with E-state index in [0.29, 0.717) is 31.8 Å². The molecular weight excluding hydrogens is 460 g/mol. The Morgan fingerprint density at radius 1 is 1.35 bits per heavy atom. The Bertz CT molecular complexity index is 814. The molecule has 4 atom stereocenters. The van der Waals surface area contributed by atoms with Gasteiger partial charge in [0.15, 0.2) is 5.55 Å². The fourth-order valence-corrected chi connectivity index (χ4v) is 5.29. The van der Waals surface area contributed by atoms with Crippen molar-refractivity contribution in [3.63, 3.8) is 0 Å². The van der Waals surface area contributed by atoms with Gasteiger partial charge in [-0.05, 0) is 62.8 Å². The summed E-state index contributed by atoms with van der Waals surface area (Å²) in [6.07, 6.45) is 6.62. The summed E-state index contributed by atoms with van der Waals surface area (Å²) in [4.78, 5) is 0. The van der Waals surface area contributed by atoms with Crippen molar-refractivity contribution in [1.82, 2.24) is 5.32 Å². The molecule has 3 rings (SSSR count). The Hall–Kier alpha value is -1.02. The van der Waals surface area contributed by atoms with Crippen LogP contribution in [0, 0.1) is 34.1 Å². The number of nitrogens with one attached hydrogen (secondary N) is 1. The van der Waals surface area contributed by atoms with E-state index in [1.165, 1.54) is 6.07 Å². The molecule has 8 heteroatoms. The quantitative estimate of drug-likeness (QED) is 0.435. The summed E-state index contributed by atoms with van der Waals surface area (Å²) in [6.45, 7) is 4.83. The Morgan fingerprint density at radius 2 is 2.06 bits per heavy atom. The fourth-order valence-electron chi connectivity index (χ4n) is 4.15. The highest BCUT2D eigenvalue weighted by Gasteiger charge is 2.43. The van der Waals surface area contributed by atoms with E-state index in [0.717, 1.165) is 19.3 Å². The van der Waals surface area contributed by atoms with Crippen molar-refractivity contribution >= 4 is 31.4 Å². The minimum atomic E-state index is -0.615. The zero-order chi connectivity index (χ0) is 23.0. The van der Waals surface area contributed by atoms with Crippen LogP contribution in [-0.4, -0.2) is 29.7 Å². The number of hydrogen-bond donors (Lipinski definition) is 2. The third-order valence-electron chi connectivity index (χ3n) is 6.38. The summed E-state index contributed by atoms with van der Waals surface area (Å²) < 4.78 is 26.5. The largest absolute Gasteiger partial charge is 0.396 e. The molecule has 1 aromatic rings. The number of nitriles is 1. The van der Waals surface area contributed by atoms with Crippen LogP contribution in [0.25, 0.3) is 0 Å². The number of nitrogens with zero attached hydrogens (tertiary/aromatic N) is 1. The number of aliphatic hydroxyl groups is 1. The molecule has 4 unspecified atom stereocenters. The van der Waals surface area contributed by atoms with Crippen molar-refractivity contribution in [3.8, 4) is 6.07 Å². The fraction of sp³-hybridized carbons (Fsp3) is 0.565. The van der Waals surface area contributed by atoms with E-state index in [4.69, 9.17) is 23.2 Å². The monoisotopic (exact) mass is 488 g/mol. The van der Waals surface area contributed by atoms with Crippen molar-refractivity contribution in [3.05, 3.63) is 52.1 Å². The first-order valence-corrected chi connectivity index (χ1v) is 12.3. The van der Waals surface area contributed by atoms with Crippen LogP contribution in [0.3, 0.4) is 0 Å². The molecule has 1 saturated heterocycles. The smallest absolute Gasteiger partial charge is 0.150 e. The second-order valence-electron chi connectivity index (χ2n) is 8.05. The van der Waals surface area contributed by atoms with Crippen molar-refractivity contribution in [2.45, 2.75) is 50.9 Å². The van der Waals surface area contributed by atoms with Gasteiger partial charge < -0.3 is 10.4 Å². The van der Waals surface area contributed by atoms with Gasteiger partial charge in [-0.15, -0.1) is 11.6 Å². The van der Waals surface area contributed by atoms with Crippen LogP contribution in [0.15, 0.2) is 41.5 Å². The van der Waals surface area contributed by atoms with E-state index in [2.05, 4.69) is 25.2 Å². The van der Waals surface area contributed by atoms with Crippen LogP contribution in [0.4, 0.5) is 8.78 Å². The van der Waals surface area contributed by atoms with E-state index >= 15 is 0 Å². The van der Waals surface area contributed by atoms with Gasteiger partial charge in [-0.1, -0.05) is 37.6 Å².